The zero-order valence-corrected chi connectivity index (χ0v) is 12.5. The molecule has 0 atom stereocenters. The number of aryl methyl sites for hydroxylation is 1. The number of hydrogen-bond acceptors (Lipinski definition) is 4. The topological polar surface area (TPSA) is 76.9 Å². The number of halogens is 1. The first-order chi connectivity index (χ1) is 7.84. The maximum absolute atomic E-state index is 11.9. The van der Waals surface area contributed by atoms with E-state index >= 15 is 0 Å². The van der Waals surface area contributed by atoms with Crippen molar-refractivity contribution < 1.29 is 8.42 Å². The van der Waals surface area contributed by atoms with Crippen LogP contribution in [0.2, 0.25) is 0 Å². The molecule has 6 nitrogen and oxygen atoms in total. The minimum atomic E-state index is -3.54. The van der Waals surface area contributed by atoms with E-state index < -0.39 is 10.0 Å². The van der Waals surface area contributed by atoms with Crippen molar-refractivity contribution in [3.8, 4) is 0 Å². The summed E-state index contributed by atoms with van der Waals surface area (Å²) in [6.07, 6.45) is 1.81. The van der Waals surface area contributed by atoms with Gasteiger partial charge in [0.25, 0.3) is 10.0 Å². The fourth-order valence-electron chi connectivity index (χ4n) is 1.39. The minimum Gasteiger partial charge on any atom is -0.235 e. The van der Waals surface area contributed by atoms with Gasteiger partial charge in [0.1, 0.15) is 0 Å². The summed E-state index contributed by atoms with van der Waals surface area (Å²) < 4.78 is 27.9. The normalized spacial score (nSPS) is 12.3. The molecule has 98 valence electrons. The first-order valence-electron chi connectivity index (χ1n) is 5.39. The SMILES string of the molecule is CC(C)CCCNS(=O)(=O)c1c(Br)nnn1C. The van der Waals surface area contributed by atoms with Crippen LogP contribution in [0.25, 0.3) is 0 Å². The summed E-state index contributed by atoms with van der Waals surface area (Å²) in [5, 5.41) is 7.35. The maximum atomic E-state index is 11.9. The van der Waals surface area contributed by atoms with Gasteiger partial charge in [0.15, 0.2) is 4.60 Å². The van der Waals surface area contributed by atoms with Crippen molar-refractivity contribution in [2.75, 3.05) is 6.54 Å². The molecular weight excluding hydrogens is 308 g/mol. The third-order valence-electron chi connectivity index (χ3n) is 2.24. The van der Waals surface area contributed by atoms with E-state index in [-0.39, 0.29) is 9.63 Å². The molecule has 0 spiro atoms. The first kappa shape index (κ1) is 14.6. The van der Waals surface area contributed by atoms with E-state index in [0.29, 0.717) is 12.5 Å². The summed E-state index contributed by atoms with van der Waals surface area (Å²) in [4.78, 5) is 0. The third kappa shape index (κ3) is 4.04. The second-order valence-corrected chi connectivity index (χ2v) is 6.68. The van der Waals surface area contributed by atoms with E-state index in [2.05, 4.69) is 44.8 Å². The van der Waals surface area contributed by atoms with E-state index in [0.717, 1.165) is 12.8 Å². The molecule has 8 heteroatoms. The van der Waals surface area contributed by atoms with E-state index in [4.69, 9.17) is 0 Å². The van der Waals surface area contributed by atoms with E-state index in [1.54, 1.807) is 7.05 Å². The quantitative estimate of drug-likeness (QED) is 0.800. The fourth-order valence-corrected chi connectivity index (χ4v) is 3.56. The molecule has 17 heavy (non-hydrogen) atoms. The highest BCUT2D eigenvalue weighted by Gasteiger charge is 2.23. The van der Waals surface area contributed by atoms with Crippen molar-refractivity contribution in [3.05, 3.63) is 4.60 Å². The first-order valence-corrected chi connectivity index (χ1v) is 7.67. The molecule has 0 aliphatic carbocycles. The van der Waals surface area contributed by atoms with Crippen LogP contribution in [-0.4, -0.2) is 30.0 Å². The fraction of sp³-hybridized carbons (Fsp3) is 0.778. The molecule has 0 unspecified atom stereocenters. The van der Waals surface area contributed by atoms with Gasteiger partial charge in [0.2, 0.25) is 5.03 Å². The van der Waals surface area contributed by atoms with Crippen LogP contribution in [0.5, 0.6) is 0 Å². The smallest absolute Gasteiger partial charge is 0.235 e. The monoisotopic (exact) mass is 324 g/mol. The summed E-state index contributed by atoms with van der Waals surface area (Å²) in [6, 6.07) is 0. The van der Waals surface area contributed by atoms with Crippen molar-refractivity contribution >= 4 is 26.0 Å². The summed E-state index contributed by atoms with van der Waals surface area (Å²) in [5.41, 5.74) is 0. The number of nitrogens with zero attached hydrogens (tertiary/aromatic N) is 3. The van der Waals surface area contributed by atoms with Crippen molar-refractivity contribution in [2.24, 2.45) is 13.0 Å². The standard InChI is InChI=1S/C9H17BrN4O2S/c1-7(2)5-4-6-11-17(15,16)9-8(10)12-13-14(9)3/h7,11H,4-6H2,1-3H3. The molecule has 0 radical (unpaired) electrons. The Morgan fingerprint density at radius 2 is 2.12 bits per heavy atom. The summed E-state index contributed by atoms with van der Waals surface area (Å²) in [6.45, 7) is 4.64. The second-order valence-electron chi connectivity index (χ2n) is 4.24. The van der Waals surface area contributed by atoms with Gasteiger partial charge in [0, 0.05) is 13.6 Å². The molecule has 1 heterocycles. The number of rotatable bonds is 6. The Morgan fingerprint density at radius 1 is 1.47 bits per heavy atom. The summed E-state index contributed by atoms with van der Waals surface area (Å²) >= 11 is 3.07. The molecule has 0 saturated heterocycles. The summed E-state index contributed by atoms with van der Waals surface area (Å²) in [5.74, 6) is 0.574. The van der Waals surface area contributed by atoms with Crippen molar-refractivity contribution in [1.29, 1.82) is 0 Å². The van der Waals surface area contributed by atoms with Crippen LogP contribution in [0.15, 0.2) is 9.63 Å². The molecule has 0 aliphatic rings. The second kappa shape index (κ2) is 5.92. The third-order valence-corrected chi connectivity index (χ3v) is 4.59. The van der Waals surface area contributed by atoms with E-state index in [1.165, 1.54) is 4.68 Å². The Bertz CT molecular complexity index is 450. The lowest BCUT2D eigenvalue weighted by Gasteiger charge is -2.07. The average molecular weight is 325 g/mol. The van der Waals surface area contributed by atoms with Crippen LogP contribution in [0.1, 0.15) is 26.7 Å². The van der Waals surface area contributed by atoms with Crippen LogP contribution in [0.4, 0.5) is 0 Å². The molecule has 1 N–H and O–H groups in total. The van der Waals surface area contributed by atoms with Gasteiger partial charge in [-0.05, 0) is 34.7 Å². The molecule has 0 saturated carbocycles. The number of hydrogen-bond donors (Lipinski definition) is 1. The number of sulfonamides is 1. The Morgan fingerprint density at radius 3 is 2.59 bits per heavy atom. The Kier molecular flexibility index (Phi) is 5.08. The number of nitrogens with one attached hydrogen (secondary N) is 1. The zero-order chi connectivity index (χ0) is 13.1. The zero-order valence-electron chi connectivity index (χ0n) is 10.1. The predicted molar refractivity (Wildman–Crippen MR) is 68.0 cm³/mol. The van der Waals surface area contributed by atoms with Gasteiger partial charge in [0.05, 0.1) is 0 Å². The molecular formula is C9H17BrN4O2S. The van der Waals surface area contributed by atoms with Crippen LogP contribution in [0.3, 0.4) is 0 Å². The van der Waals surface area contributed by atoms with Crippen molar-refractivity contribution in [1.82, 2.24) is 19.7 Å². The molecule has 0 bridgehead atoms. The molecule has 0 amide bonds. The highest BCUT2D eigenvalue weighted by Crippen LogP contribution is 2.17. The highest BCUT2D eigenvalue weighted by molar-refractivity contribution is 9.10. The molecule has 0 fully saturated rings. The van der Waals surface area contributed by atoms with Crippen LogP contribution in [-0.2, 0) is 17.1 Å². The average Bonchev–Trinajstić information content (AvgIpc) is 2.53. The van der Waals surface area contributed by atoms with Crippen LogP contribution in [0, 0.1) is 5.92 Å². The molecule has 1 aromatic heterocycles. The van der Waals surface area contributed by atoms with Gasteiger partial charge in [-0.1, -0.05) is 19.1 Å². The lowest BCUT2D eigenvalue weighted by molar-refractivity contribution is 0.533. The molecule has 1 aromatic rings. The maximum Gasteiger partial charge on any atom is 0.260 e. The van der Waals surface area contributed by atoms with E-state index in [1.807, 2.05) is 0 Å². The lowest BCUT2D eigenvalue weighted by atomic mass is 10.1. The van der Waals surface area contributed by atoms with E-state index in [9.17, 15) is 8.42 Å². The Labute approximate surface area is 110 Å². The highest BCUT2D eigenvalue weighted by atomic mass is 79.9. The van der Waals surface area contributed by atoms with Gasteiger partial charge in [-0.3, -0.25) is 0 Å². The number of aromatic nitrogens is 3. The van der Waals surface area contributed by atoms with Crippen molar-refractivity contribution in [3.63, 3.8) is 0 Å². The molecule has 0 aromatic carbocycles. The Hall–Kier alpha value is -0.470. The molecule has 1 rings (SSSR count). The van der Waals surface area contributed by atoms with Gasteiger partial charge in [-0.15, -0.1) is 5.10 Å². The van der Waals surface area contributed by atoms with Crippen LogP contribution < -0.4 is 4.72 Å². The lowest BCUT2D eigenvalue weighted by Crippen LogP contribution is -2.27. The van der Waals surface area contributed by atoms with Gasteiger partial charge >= 0.3 is 0 Å². The predicted octanol–water partition coefficient (Wildman–Crippen LogP) is 1.29. The van der Waals surface area contributed by atoms with Gasteiger partial charge < -0.3 is 0 Å². The Balaban J connectivity index is 2.64. The van der Waals surface area contributed by atoms with Gasteiger partial charge in [-0.25, -0.2) is 17.8 Å². The van der Waals surface area contributed by atoms with Crippen LogP contribution >= 0.6 is 15.9 Å². The molecule has 0 aliphatic heterocycles. The van der Waals surface area contributed by atoms with Gasteiger partial charge in [-0.2, -0.15) is 0 Å². The van der Waals surface area contributed by atoms with Crippen molar-refractivity contribution in [2.45, 2.75) is 31.7 Å². The largest absolute Gasteiger partial charge is 0.260 e. The summed E-state index contributed by atoms with van der Waals surface area (Å²) in [7, 11) is -1.99. The minimum absolute atomic E-state index is 0.0575.